The molecule has 110 valence electrons. The number of hydrogen-bond donors (Lipinski definition) is 2. The van der Waals surface area contributed by atoms with E-state index in [1.54, 1.807) is 18.2 Å². The Labute approximate surface area is 118 Å². The van der Waals surface area contributed by atoms with Gasteiger partial charge in [0.1, 0.15) is 11.4 Å². The molecule has 0 radical (unpaired) electrons. The van der Waals surface area contributed by atoms with E-state index in [0.29, 0.717) is 11.3 Å². The number of carbonyl (C=O) groups is 1. The first-order valence-corrected chi connectivity index (χ1v) is 5.96. The molecule has 0 spiro atoms. The minimum absolute atomic E-state index is 0.299. The van der Waals surface area contributed by atoms with E-state index < -0.39 is 17.8 Å². The fourth-order valence-corrected chi connectivity index (χ4v) is 1.69. The fourth-order valence-electron chi connectivity index (χ4n) is 1.69. The lowest BCUT2D eigenvalue weighted by Crippen LogP contribution is -2.17. The standard InChI is InChI=1S/C14H11F3N2O2/c15-14(16,17)12-7-3-6-11(18-12)13(21)19-10-5-2-1-4-9(10)8-20/h1-7,20H,8H2,(H,19,21). The zero-order valence-corrected chi connectivity index (χ0v) is 10.7. The van der Waals surface area contributed by atoms with Crippen molar-refractivity contribution in [2.24, 2.45) is 0 Å². The van der Waals surface area contributed by atoms with E-state index in [9.17, 15) is 18.0 Å². The minimum Gasteiger partial charge on any atom is -0.392 e. The van der Waals surface area contributed by atoms with Crippen LogP contribution in [0.4, 0.5) is 18.9 Å². The van der Waals surface area contributed by atoms with Gasteiger partial charge in [0, 0.05) is 11.3 Å². The van der Waals surface area contributed by atoms with Gasteiger partial charge in [-0.25, -0.2) is 4.98 Å². The quantitative estimate of drug-likeness (QED) is 0.915. The Hall–Kier alpha value is -2.41. The number of aliphatic hydroxyl groups is 1. The van der Waals surface area contributed by atoms with E-state index in [-0.39, 0.29) is 12.3 Å². The molecule has 4 nitrogen and oxygen atoms in total. The maximum atomic E-state index is 12.5. The highest BCUT2D eigenvalue weighted by Gasteiger charge is 2.32. The molecule has 0 aliphatic rings. The Morgan fingerprint density at radius 2 is 1.86 bits per heavy atom. The van der Waals surface area contributed by atoms with Crippen LogP contribution in [-0.2, 0) is 12.8 Å². The third kappa shape index (κ3) is 3.57. The van der Waals surface area contributed by atoms with Gasteiger partial charge in [0.2, 0.25) is 0 Å². The Balaban J connectivity index is 2.25. The van der Waals surface area contributed by atoms with Gasteiger partial charge in [0.25, 0.3) is 5.91 Å². The zero-order chi connectivity index (χ0) is 15.5. The fraction of sp³-hybridized carbons (Fsp3) is 0.143. The molecule has 0 bridgehead atoms. The van der Waals surface area contributed by atoms with Gasteiger partial charge in [-0.15, -0.1) is 0 Å². The Bertz CT molecular complexity index is 657. The largest absolute Gasteiger partial charge is 0.433 e. The number of anilines is 1. The molecule has 1 amide bonds. The number of hydrogen-bond acceptors (Lipinski definition) is 3. The molecule has 1 heterocycles. The molecule has 1 aromatic carbocycles. The molecule has 0 aliphatic carbocycles. The van der Waals surface area contributed by atoms with Crippen molar-refractivity contribution in [2.75, 3.05) is 5.32 Å². The van der Waals surface area contributed by atoms with Gasteiger partial charge in [-0.1, -0.05) is 24.3 Å². The van der Waals surface area contributed by atoms with Crippen molar-refractivity contribution in [2.45, 2.75) is 12.8 Å². The average molecular weight is 296 g/mol. The van der Waals surface area contributed by atoms with Crippen molar-refractivity contribution in [3.8, 4) is 0 Å². The summed E-state index contributed by atoms with van der Waals surface area (Å²) in [5.41, 5.74) is -0.704. The Morgan fingerprint density at radius 1 is 1.14 bits per heavy atom. The van der Waals surface area contributed by atoms with Crippen LogP contribution in [0.3, 0.4) is 0 Å². The molecule has 0 saturated carbocycles. The summed E-state index contributed by atoms with van der Waals surface area (Å²) < 4.78 is 37.6. The van der Waals surface area contributed by atoms with E-state index in [1.807, 2.05) is 0 Å². The molecule has 2 aromatic rings. The Kier molecular flexibility index (Phi) is 4.23. The van der Waals surface area contributed by atoms with E-state index in [1.165, 1.54) is 12.1 Å². The van der Waals surface area contributed by atoms with E-state index in [0.717, 1.165) is 12.1 Å². The SMILES string of the molecule is O=C(Nc1ccccc1CO)c1cccc(C(F)(F)F)n1. The number of amides is 1. The van der Waals surface area contributed by atoms with Gasteiger partial charge in [-0.05, 0) is 18.2 Å². The predicted molar refractivity (Wildman–Crippen MR) is 69.6 cm³/mol. The van der Waals surface area contributed by atoms with Crippen LogP contribution in [0, 0.1) is 0 Å². The second-order valence-corrected chi connectivity index (χ2v) is 4.18. The second-order valence-electron chi connectivity index (χ2n) is 4.18. The topological polar surface area (TPSA) is 62.2 Å². The summed E-state index contributed by atoms with van der Waals surface area (Å²) in [5, 5.41) is 11.6. The predicted octanol–water partition coefficient (Wildman–Crippen LogP) is 2.85. The molecule has 21 heavy (non-hydrogen) atoms. The zero-order valence-electron chi connectivity index (χ0n) is 10.7. The maximum Gasteiger partial charge on any atom is 0.433 e. The summed E-state index contributed by atoms with van der Waals surface area (Å²) in [7, 11) is 0. The smallest absolute Gasteiger partial charge is 0.392 e. The highest BCUT2D eigenvalue weighted by Crippen LogP contribution is 2.27. The lowest BCUT2D eigenvalue weighted by molar-refractivity contribution is -0.141. The lowest BCUT2D eigenvalue weighted by atomic mass is 10.2. The van der Waals surface area contributed by atoms with Gasteiger partial charge < -0.3 is 10.4 Å². The summed E-state index contributed by atoms with van der Waals surface area (Å²) in [6.45, 7) is -0.299. The van der Waals surface area contributed by atoms with Crippen molar-refractivity contribution in [1.29, 1.82) is 0 Å². The first-order chi connectivity index (χ1) is 9.91. The number of rotatable bonds is 3. The van der Waals surface area contributed by atoms with Crippen LogP contribution in [0.25, 0.3) is 0 Å². The first-order valence-electron chi connectivity index (χ1n) is 5.96. The normalized spacial score (nSPS) is 11.2. The molecule has 1 aromatic heterocycles. The minimum atomic E-state index is -4.61. The monoisotopic (exact) mass is 296 g/mol. The summed E-state index contributed by atoms with van der Waals surface area (Å²) in [4.78, 5) is 15.2. The van der Waals surface area contributed by atoms with E-state index in [2.05, 4.69) is 10.3 Å². The van der Waals surface area contributed by atoms with Gasteiger partial charge >= 0.3 is 6.18 Å². The Morgan fingerprint density at radius 3 is 2.52 bits per heavy atom. The van der Waals surface area contributed by atoms with Crippen molar-refractivity contribution in [3.63, 3.8) is 0 Å². The van der Waals surface area contributed by atoms with Gasteiger partial charge in [-0.3, -0.25) is 4.79 Å². The van der Waals surface area contributed by atoms with Crippen LogP contribution in [0.5, 0.6) is 0 Å². The number of nitrogens with zero attached hydrogens (tertiary/aromatic N) is 1. The first kappa shape index (κ1) is 15.0. The number of halogens is 3. The number of carbonyl (C=O) groups excluding carboxylic acids is 1. The van der Waals surface area contributed by atoms with Gasteiger partial charge in [-0.2, -0.15) is 13.2 Å². The number of aliphatic hydroxyl groups excluding tert-OH is 1. The molecule has 0 aliphatic heterocycles. The summed E-state index contributed by atoms with van der Waals surface area (Å²) >= 11 is 0. The van der Waals surface area contributed by atoms with E-state index >= 15 is 0 Å². The second kappa shape index (κ2) is 5.92. The van der Waals surface area contributed by atoms with Crippen LogP contribution < -0.4 is 5.32 Å². The van der Waals surface area contributed by atoms with Crippen LogP contribution in [0.15, 0.2) is 42.5 Å². The molecule has 0 unspecified atom stereocenters. The van der Waals surface area contributed by atoms with Crippen molar-refractivity contribution >= 4 is 11.6 Å². The van der Waals surface area contributed by atoms with Crippen LogP contribution >= 0.6 is 0 Å². The molecule has 7 heteroatoms. The number of pyridine rings is 1. The number of benzene rings is 1. The van der Waals surface area contributed by atoms with E-state index in [4.69, 9.17) is 5.11 Å². The number of aromatic nitrogens is 1. The van der Waals surface area contributed by atoms with Crippen LogP contribution in [-0.4, -0.2) is 16.0 Å². The number of nitrogens with one attached hydrogen (secondary N) is 1. The number of para-hydroxylation sites is 1. The molecule has 2 N–H and O–H groups in total. The summed E-state index contributed by atoms with van der Waals surface area (Å²) in [6.07, 6.45) is -4.61. The molecular weight excluding hydrogens is 285 g/mol. The van der Waals surface area contributed by atoms with Crippen molar-refractivity contribution in [1.82, 2.24) is 4.98 Å². The average Bonchev–Trinajstić information content (AvgIpc) is 2.47. The van der Waals surface area contributed by atoms with Crippen molar-refractivity contribution in [3.05, 3.63) is 59.4 Å². The van der Waals surface area contributed by atoms with Gasteiger partial charge in [0.05, 0.1) is 6.61 Å². The maximum absolute atomic E-state index is 12.5. The number of alkyl halides is 3. The molecule has 2 rings (SSSR count). The molecule has 0 atom stereocenters. The van der Waals surface area contributed by atoms with Gasteiger partial charge in [0.15, 0.2) is 0 Å². The third-order valence-electron chi connectivity index (χ3n) is 2.71. The highest BCUT2D eigenvalue weighted by molar-refractivity contribution is 6.03. The third-order valence-corrected chi connectivity index (χ3v) is 2.71. The lowest BCUT2D eigenvalue weighted by Gasteiger charge is -2.10. The van der Waals surface area contributed by atoms with Crippen LogP contribution in [0.2, 0.25) is 0 Å². The van der Waals surface area contributed by atoms with Crippen LogP contribution in [0.1, 0.15) is 21.7 Å². The molecule has 0 saturated heterocycles. The summed E-state index contributed by atoms with van der Waals surface area (Å²) in [6, 6.07) is 9.53. The highest BCUT2D eigenvalue weighted by atomic mass is 19.4. The molecule has 0 fully saturated rings. The summed E-state index contributed by atoms with van der Waals surface area (Å²) in [5.74, 6) is -0.776. The van der Waals surface area contributed by atoms with Crippen molar-refractivity contribution < 1.29 is 23.1 Å². The molecular formula is C14H11F3N2O2.